The Morgan fingerprint density at radius 1 is 1.42 bits per heavy atom. The number of anilines is 1. The molecule has 1 aliphatic heterocycles. The Labute approximate surface area is 112 Å². The van der Waals surface area contributed by atoms with Crippen LogP contribution >= 0.6 is 0 Å². The molecule has 5 nitrogen and oxygen atoms in total. The van der Waals surface area contributed by atoms with E-state index in [0.29, 0.717) is 12.2 Å². The average molecular weight is 258 g/mol. The van der Waals surface area contributed by atoms with E-state index < -0.39 is 0 Å². The van der Waals surface area contributed by atoms with Gasteiger partial charge in [0.05, 0.1) is 17.3 Å². The third kappa shape index (κ3) is 1.99. The zero-order valence-electron chi connectivity index (χ0n) is 11.6. The van der Waals surface area contributed by atoms with Gasteiger partial charge in [-0.1, -0.05) is 6.92 Å². The summed E-state index contributed by atoms with van der Waals surface area (Å²) in [5.74, 6) is 0.471. The van der Waals surface area contributed by atoms with E-state index in [0.717, 1.165) is 35.5 Å². The second kappa shape index (κ2) is 4.33. The monoisotopic (exact) mass is 258 g/mol. The zero-order chi connectivity index (χ0) is 13.6. The number of hydrogen-bond donors (Lipinski definition) is 0. The molecule has 2 aromatic rings. The van der Waals surface area contributed by atoms with Crippen LogP contribution in [0.3, 0.4) is 0 Å². The minimum atomic E-state index is 0.106. The maximum Gasteiger partial charge on any atom is 0.159 e. The number of nitrogens with zero attached hydrogens (tertiary/aromatic N) is 4. The van der Waals surface area contributed by atoms with E-state index in [1.165, 1.54) is 0 Å². The van der Waals surface area contributed by atoms with Crippen LogP contribution < -0.4 is 4.90 Å². The molecule has 0 saturated carbocycles. The van der Waals surface area contributed by atoms with Gasteiger partial charge in [0.1, 0.15) is 5.78 Å². The Bertz CT molecular complexity index is 646. The number of carbonyl (C=O) groups excluding carboxylic acids is 1. The van der Waals surface area contributed by atoms with E-state index >= 15 is 0 Å². The molecule has 5 heteroatoms. The highest BCUT2D eigenvalue weighted by molar-refractivity contribution is 5.91. The average Bonchev–Trinajstić information content (AvgIpc) is 2.74. The molecule has 1 aliphatic rings. The Kier molecular flexibility index (Phi) is 2.77. The molecule has 100 valence electrons. The molecule has 3 heterocycles. The Hall–Kier alpha value is -1.91. The SMILES string of the molecule is Cc1cc(N2CCC(=O)C(C)C2)c2cnn(C)c2n1. The van der Waals surface area contributed by atoms with E-state index in [2.05, 4.69) is 21.0 Å². The molecule has 0 radical (unpaired) electrons. The molecular formula is C14H18N4O. The summed E-state index contributed by atoms with van der Waals surface area (Å²) in [7, 11) is 1.90. The van der Waals surface area contributed by atoms with Crippen LogP contribution in [0.1, 0.15) is 19.0 Å². The lowest BCUT2D eigenvalue weighted by atomic mass is 9.98. The molecule has 0 amide bonds. The quantitative estimate of drug-likeness (QED) is 0.781. The lowest BCUT2D eigenvalue weighted by Gasteiger charge is -2.32. The maximum atomic E-state index is 11.7. The van der Waals surface area contributed by atoms with Gasteiger partial charge in [-0.05, 0) is 13.0 Å². The summed E-state index contributed by atoms with van der Waals surface area (Å²) >= 11 is 0. The largest absolute Gasteiger partial charge is 0.370 e. The third-order valence-corrected chi connectivity index (χ3v) is 3.82. The topological polar surface area (TPSA) is 51.0 Å². The highest BCUT2D eigenvalue weighted by atomic mass is 16.1. The van der Waals surface area contributed by atoms with Crippen LogP contribution in [0.2, 0.25) is 0 Å². The number of ketones is 1. The van der Waals surface area contributed by atoms with E-state index in [1.54, 1.807) is 4.68 Å². The summed E-state index contributed by atoms with van der Waals surface area (Å²) in [6.45, 7) is 5.57. The summed E-state index contributed by atoms with van der Waals surface area (Å²) in [5, 5.41) is 5.35. The molecule has 0 spiro atoms. The smallest absolute Gasteiger partial charge is 0.159 e. The van der Waals surface area contributed by atoms with Gasteiger partial charge in [-0.3, -0.25) is 9.48 Å². The van der Waals surface area contributed by atoms with E-state index in [1.807, 2.05) is 27.1 Å². The number of hydrogen-bond acceptors (Lipinski definition) is 4. The summed E-state index contributed by atoms with van der Waals surface area (Å²) in [6.07, 6.45) is 2.49. The molecule has 1 unspecified atom stereocenters. The first kappa shape index (κ1) is 12.1. The van der Waals surface area contributed by atoms with Crippen LogP contribution in [-0.2, 0) is 11.8 Å². The van der Waals surface area contributed by atoms with Gasteiger partial charge in [0.25, 0.3) is 0 Å². The molecule has 1 saturated heterocycles. The van der Waals surface area contributed by atoms with Gasteiger partial charge in [-0.25, -0.2) is 4.98 Å². The number of piperidine rings is 1. The van der Waals surface area contributed by atoms with Gasteiger partial charge < -0.3 is 4.90 Å². The van der Waals surface area contributed by atoms with E-state index in [4.69, 9.17) is 0 Å². The highest BCUT2D eigenvalue weighted by Gasteiger charge is 2.25. The van der Waals surface area contributed by atoms with Crippen molar-refractivity contribution in [2.24, 2.45) is 13.0 Å². The van der Waals surface area contributed by atoms with Crippen molar-refractivity contribution < 1.29 is 4.79 Å². The van der Waals surface area contributed by atoms with E-state index in [9.17, 15) is 4.79 Å². The maximum absolute atomic E-state index is 11.7. The normalized spacial score (nSPS) is 20.3. The number of pyridine rings is 1. The third-order valence-electron chi connectivity index (χ3n) is 3.82. The van der Waals surface area contributed by atoms with E-state index in [-0.39, 0.29) is 5.92 Å². The van der Waals surface area contributed by atoms with Crippen molar-refractivity contribution in [1.29, 1.82) is 0 Å². The standard InChI is InChI=1S/C14H18N4O/c1-9-8-18(5-4-13(9)19)12-6-10(2)16-14-11(12)7-15-17(14)3/h6-7,9H,4-5,8H2,1-3H3. The lowest BCUT2D eigenvalue weighted by molar-refractivity contribution is -0.122. The number of rotatable bonds is 1. The van der Waals surface area contributed by atoms with Crippen molar-refractivity contribution in [3.8, 4) is 0 Å². The number of aromatic nitrogens is 3. The second-order valence-electron chi connectivity index (χ2n) is 5.35. The van der Waals surface area contributed by atoms with Crippen molar-refractivity contribution in [2.45, 2.75) is 20.3 Å². The minimum absolute atomic E-state index is 0.106. The molecule has 3 rings (SSSR count). The molecule has 0 N–H and O–H groups in total. The van der Waals surface area contributed by atoms with Gasteiger partial charge in [0.2, 0.25) is 0 Å². The zero-order valence-corrected chi connectivity index (χ0v) is 11.6. The summed E-state index contributed by atoms with van der Waals surface area (Å²) in [6, 6.07) is 2.09. The lowest BCUT2D eigenvalue weighted by Crippen LogP contribution is -2.39. The fourth-order valence-electron chi connectivity index (χ4n) is 2.71. The highest BCUT2D eigenvalue weighted by Crippen LogP contribution is 2.29. The first-order valence-corrected chi connectivity index (χ1v) is 6.63. The predicted molar refractivity (Wildman–Crippen MR) is 74.2 cm³/mol. The number of aryl methyl sites for hydroxylation is 2. The van der Waals surface area contributed by atoms with Crippen molar-refractivity contribution in [3.63, 3.8) is 0 Å². The molecule has 19 heavy (non-hydrogen) atoms. The molecule has 1 atom stereocenters. The molecule has 2 aromatic heterocycles. The Balaban J connectivity index is 2.07. The fourth-order valence-corrected chi connectivity index (χ4v) is 2.71. The van der Waals surface area contributed by atoms with Crippen LogP contribution in [0.25, 0.3) is 11.0 Å². The molecule has 1 fully saturated rings. The molecular weight excluding hydrogens is 240 g/mol. The van der Waals surface area contributed by atoms with Gasteiger partial charge in [-0.2, -0.15) is 5.10 Å². The summed E-state index contributed by atoms with van der Waals surface area (Å²) in [5.41, 5.74) is 3.03. The van der Waals surface area contributed by atoms with Crippen molar-refractivity contribution in [1.82, 2.24) is 14.8 Å². The molecule has 0 aromatic carbocycles. The Morgan fingerprint density at radius 3 is 2.95 bits per heavy atom. The van der Waals surface area contributed by atoms with Crippen molar-refractivity contribution in [2.75, 3.05) is 18.0 Å². The van der Waals surface area contributed by atoms with Crippen LogP contribution in [0.5, 0.6) is 0 Å². The van der Waals surface area contributed by atoms with Crippen LogP contribution in [0, 0.1) is 12.8 Å². The van der Waals surface area contributed by atoms with Gasteiger partial charge in [0, 0.05) is 38.2 Å². The van der Waals surface area contributed by atoms with Crippen LogP contribution in [-0.4, -0.2) is 33.6 Å². The number of carbonyl (C=O) groups is 1. The summed E-state index contributed by atoms with van der Waals surface area (Å²) < 4.78 is 1.80. The van der Waals surface area contributed by atoms with Crippen LogP contribution in [0.15, 0.2) is 12.3 Å². The minimum Gasteiger partial charge on any atom is -0.370 e. The molecule has 0 bridgehead atoms. The molecule has 0 aliphatic carbocycles. The van der Waals surface area contributed by atoms with Gasteiger partial charge in [-0.15, -0.1) is 0 Å². The Morgan fingerprint density at radius 2 is 2.21 bits per heavy atom. The van der Waals surface area contributed by atoms with Gasteiger partial charge in [0.15, 0.2) is 5.65 Å². The fraction of sp³-hybridized carbons (Fsp3) is 0.500. The second-order valence-corrected chi connectivity index (χ2v) is 5.35. The number of Topliss-reactive ketones (excluding diaryl/α,β-unsaturated/α-hetero) is 1. The van der Waals surface area contributed by atoms with Gasteiger partial charge >= 0.3 is 0 Å². The first-order chi connectivity index (χ1) is 9.06. The van der Waals surface area contributed by atoms with Crippen LogP contribution in [0.4, 0.5) is 5.69 Å². The number of fused-ring (bicyclic) bond motifs is 1. The first-order valence-electron chi connectivity index (χ1n) is 6.63. The van der Waals surface area contributed by atoms with Crippen molar-refractivity contribution in [3.05, 3.63) is 18.0 Å². The summed E-state index contributed by atoms with van der Waals surface area (Å²) in [4.78, 5) is 18.5. The predicted octanol–water partition coefficient (Wildman–Crippen LogP) is 1.69. The van der Waals surface area contributed by atoms with Crippen molar-refractivity contribution >= 4 is 22.5 Å².